The van der Waals surface area contributed by atoms with E-state index < -0.39 is 6.10 Å². The van der Waals surface area contributed by atoms with Crippen molar-refractivity contribution in [3.63, 3.8) is 0 Å². The highest BCUT2D eigenvalue weighted by Gasteiger charge is 2.25. The molecular weight excluding hydrogens is 402 g/mol. The van der Waals surface area contributed by atoms with Crippen LogP contribution in [0.5, 0.6) is 5.75 Å². The van der Waals surface area contributed by atoms with E-state index in [-0.39, 0.29) is 12.6 Å². The fourth-order valence-corrected chi connectivity index (χ4v) is 4.20. The maximum Gasteiger partial charge on any atom is 0.119 e. The van der Waals surface area contributed by atoms with E-state index in [2.05, 4.69) is 32.7 Å². The smallest absolute Gasteiger partial charge is 0.119 e. The summed E-state index contributed by atoms with van der Waals surface area (Å²) in [6, 6.07) is 14.1. The quantitative estimate of drug-likeness (QED) is 0.443. The summed E-state index contributed by atoms with van der Waals surface area (Å²) in [7, 11) is 0. The molecule has 0 bridgehead atoms. The van der Waals surface area contributed by atoms with E-state index in [0.717, 1.165) is 34.8 Å². The minimum atomic E-state index is -0.660. The predicted octanol–water partition coefficient (Wildman–Crippen LogP) is 3.09. The molecule has 8 heteroatoms. The number of hydrogen-bond acceptors (Lipinski definition) is 5. The van der Waals surface area contributed by atoms with E-state index in [1.54, 1.807) is 17.1 Å². The summed E-state index contributed by atoms with van der Waals surface area (Å²) in [6.07, 6.45) is 3.60. The summed E-state index contributed by atoms with van der Waals surface area (Å²) >= 11 is 6.21. The number of fused-ring (bicyclic) bond motifs is 3. The fourth-order valence-electron chi connectivity index (χ4n) is 4.03. The number of aromatic nitrogens is 4. The van der Waals surface area contributed by atoms with Crippen LogP contribution in [0.2, 0.25) is 5.02 Å². The Bertz CT molecular complexity index is 1140. The lowest BCUT2D eigenvalue weighted by atomic mass is 9.94. The van der Waals surface area contributed by atoms with Crippen molar-refractivity contribution < 1.29 is 9.84 Å². The zero-order valence-corrected chi connectivity index (χ0v) is 17.0. The van der Waals surface area contributed by atoms with Gasteiger partial charge in [-0.05, 0) is 47.9 Å². The van der Waals surface area contributed by atoms with Crippen molar-refractivity contribution in [2.45, 2.75) is 25.1 Å². The van der Waals surface area contributed by atoms with Gasteiger partial charge in [0.05, 0.1) is 18.8 Å². The number of hydrogen-bond donors (Lipinski definition) is 3. The molecule has 0 saturated carbocycles. The number of aliphatic hydroxyl groups is 1. The van der Waals surface area contributed by atoms with Gasteiger partial charge >= 0.3 is 0 Å². The van der Waals surface area contributed by atoms with Gasteiger partial charge in [0.15, 0.2) is 0 Å². The van der Waals surface area contributed by atoms with Crippen LogP contribution in [0.1, 0.15) is 22.9 Å². The van der Waals surface area contributed by atoms with Crippen LogP contribution in [0.15, 0.2) is 54.9 Å². The number of benzene rings is 2. The highest BCUT2D eigenvalue weighted by atomic mass is 35.5. The predicted molar refractivity (Wildman–Crippen MR) is 115 cm³/mol. The number of aliphatic hydroxyl groups excluding tert-OH is 1. The molecule has 1 aliphatic rings. The maximum atomic E-state index is 10.1. The number of nitrogens with zero attached hydrogens (tertiary/aromatic N) is 3. The standard InChI is InChI=1S/C22H22ClN5O2/c23-15-3-6-20-19(11-15)18-7-8-24-21(22(18)26-20)14-1-4-17(5-2-14)30-13-16(29)12-28-10-9-25-27-28/h1-6,9-11,16,21,24,26,29H,7-8,12-13H2. The lowest BCUT2D eigenvalue weighted by Gasteiger charge is -2.25. The highest BCUT2D eigenvalue weighted by molar-refractivity contribution is 6.31. The van der Waals surface area contributed by atoms with E-state index in [9.17, 15) is 5.11 Å². The summed E-state index contributed by atoms with van der Waals surface area (Å²) in [5, 5.41) is 23.2. The number of H-pyrrole nitrogens is 1. The molecule has 154 valence electrons. The SMILES string of the molecule is OC(COc1ccc(C2NCCc3c2[nH]c2ccc(Cl)cc32)cc1)Cn1ccnn1. The molecule has 2 atom stereocenters. The van der Waals surface area contributed by atoms with Gasteiger partial charge in [0.25, 0.3) is 0 Å². The van der Waals surface area contributed by atoms with Crippen LogP contribution in [0.25, 0.3) is 10.9 Å². The van der Waals surface area contributed by atoms with Gasteiger partial charge in [0, 0.05) is 34.4 Å². The number of nitrogens with one attached hydrogen (secondary N) is 2. The first-order valence-electron chi connectivity index (χ1n) is 9.95. The van der Waals surface area contributed by atoms with Crippen LogP contribution in [0.4, 0.5) is 0 Å². The number of aromatic amines is 1. The van der Waals surface area contributed by atoms with E-state index in [0.29, 0.717) is 6.54 Å². The number of rotatable bonds is 6. The van der Waals surface area contributed by atoms with Crippen LogP contribution in [-0.2, 0) is 13.0 Å². The average Bonchev–Trinajstić information content (AvgIpc) is 3.40. The van der Waals surface area contributed by atoms with Crippen LogP contribution in [-0.4, -0.2) is 44.3 Å². The monoisotopic (exact) mass is 423 g/mol. The Morgan fingerprint density at radius 2 is 2.10 bits per heavy atom. The summed E-state index contributed by atoms with van der Waals surface area (Å²) in [4.78, 5) is 3.57. The van der Waals surface area contributed by atoms with Crippen LogP contribution in [0.3, 0.4) is 0 Å². The Kier molecular flexibility index (Phi) is 5.16. The fraction of sp³-hybridized carbons (Fsp3) is 0.273. The number of ether oxygens (including phenoxy) is 1. The molecule has 0 aliphatic carbocycles. The Balaban J connectivity index is 1.30. The molecule has 30 heavy (non-hydrogen) atoms. The van der Waals surface area contributed by atoms with Crippen molar-refractivity contribution >= 4 is 22.5 Å². The molecule has 2 aromatic heterocycles. The molecule has 0 amide bonds. The second kappa shape index (κ2) is 8.10. The second-order valence-electron chi connectivity index (χ2n) is 7.50. The van der Waals surface area contributed by atoms with Crippen molar-refractivity contribution in [1.29, 1.82) is 0 Å². The summed E-state index contributed by atoms with van der Waals surface area (Å²) in [5.74, 6) is 0.718. The zero-order chi connectivity index (χ0) is 20.5. The molecule has 4 aromatic rings. The Labute approximate surface area is 178 Å². The van der Waals surface area contributed by atoms with Crippen molar-refractivity contribution in [2.75, 3.05) is 13.2 Å². The summed E-state index contributed by atoms with van der Waals surface area (Å²) < 4.78 is 7.32. The van der Waals surface area contributed by atoms with Crippen molar-refractivity contribution in [2.24, 2.45) is 0 Å². The Hall–Kier alpha value is -2.87. The molecule has 5 rings (SSSR count). The van der Waals surface area contributed by atoms with Crippen LogP contribution >= 0.6 is 11.6 Å². The largest absolute Gasteiger partial charge is 0.491 e. The first-order chi connectivity index (χ1) is 14.7. The van der Waals surface area contributed by atoms with Crippen molar-refractivity contribution in [3.05, 3.63) is 76.7 Å². The molecule has 0 spiro atoms. The average molecular weight is 424 g/mol. The molecule has 0 radical (unpaired) electrons. The molecule has 2 aromatic carbocycles. The first-order valence-corrected chi connectivity index (χ1v) is 10.3. The first kappa shape index (κ1) is 19.1. The van der Waals surface area contributed by atoms with Crippen molar-refractivity contribution in [3.8, 4) is 5.75 Å². The van der Waals surface area contributed by atoms with Gasteiger partial charge in [-0.15, -0.1) is 5.10 Å². The second-order valence-corrected chi connectivity index (χ2v) is 7.94. The topological polar surface area (TPSA) is 88.0 Å². The van der Waals surface area contributed by atoms with Crippen molar-refractivity contribution in [1.82, 2.24) is 25.3 Å². The van der Waals surface area contributed by atoms with Gasteiger partial charge < -0.3 is 20.1 Å². The minimum Gasteiger partial charge on any atom is -0.491 e. The van der Waals surface area contributed by atoms with Gasteiger partial charge in [0.2, 0.25) is 0 Å². The normalized spacial score (nSPS) is 17.1. The molecule has 7 nitrogen and oxygen atoms in total. The van der Waals surface area contributed by atoms with E-state index in [1.165, 1.54) is 16.6 Å². The zero-order valence-electron chi connectivity index (χ0n) is 16.3. The lowest BCUT2D eigenvalue weighted by molar-refractivity contribution is 0.0888. The van der Waals surface area contributed by atoms with Gasteiger partial charge in [-0.2, -0.15) is 0 Å². The third-order valence-electron chi connectivity index (χ3n) is 5.44. The molecular formula is C22H22ClN5O2. The van der Waals surface area contributed by atoms with E-state index >= 15 is 0 Å². The summed E-state index contributed by atoms with van der Waals surface area (Å²) in [6.45, 7) is 1.44. The van der Waals surface area contributed by atoms with Crippen LogP contribution < -0.4 is 10.1 Å². The minimum absolute atomic E-state index is 0.0897. The molecule has 2 unspecified atom stereocenters. The highest BCUT2D eigenvalue weighted by Crippen LogP contribution is 2.35. The molecule has 0 saturated heterocycles. The number of halogens is 1. The third kappa shape index (κ3) is 3.79. The third-order valence-corrected chi connectivity index (χ3v) is 5.67. The Morgan fingerprint density at radius 3 is 2.90 bits per heavy atom. The maximum absolute atomic E-state index is 10.1. The Morgan fingerprint density at radius 1 is 1.23 bits per heavy atom. The van der Waals surface area contributed by atoms with Crippen LogP contribution in [0, 0.1) is 0 Å². The van der Waals surface area contributed by atoms with Gasteiger partial charge in [-0.25, -0.2) is 4.68 Å². The van der Waals surface area contributed by atoms with Gasteiger partial charge in [-0.1, -0.05) is 28.9 Å². The summed E-state index contributed by atoms with van der Waals surface area (Å²) in [5.41, 5.74) is 4.78. The van der Waals surface area contributed by atoms with Gasteiger partial charge in [-0.3, -0.25) is 0 Å². The van der Waals surface area contributed by atoms with E-state index in [4.69, 9.17) is 16.3 Å². The molecule has 3 N–H and O–H groups in total. The van der Waals surface area contributed by atoms with Gasteiger partial charge in [0.1, 0.15) is 18.5 Å². The molecule has 0 fully saturated rings. The molecule has 3 heterocycles. The van der Waals surface area contributed by atoms with E-state index in [1.807, 2.05) is 30.3 Å². The lowest BCUT2D eigenvalue weighted by Crippen LogP contribution is -2.30. The molecule has 1 aliphatic heterocycles.